The van der Waals surface area contributed by atoms with Crippen LogP contribution in [0.1, 0.15) is 47.1 Å². The maximum absolute atomic E-state index is 14.8. The van der Waals surface area contributed by atoms with Crippen molar-refractivity contribution in [1.29, 1.82) is 5.26 Å². The van der Waals surface area contributed by atoms with Crippen molar-refractivity contribution >= 4 is 39.8 Å². The lowest BCUT2D eigenvalue weighted by Gasteiger charge is -2.32. The van der Waals surface area contributed by atoms with E-state index in [2.05, 4.69) is 21.1 Å². The predicted octanol–water partition coefficient (Wildman–Crippen LogP) is 6.99. The van der Waals surface area contributed by atoms with Crippen LogP contribution in [-0.2, 0) is 4.79 Å². The number of benzene rings is 3. The number of aliphatic carboxylic acids is 1. The van der Waals surface area contributed by atoms with Crippen molar-refractivity contribution in [2.75, 3.05) is 7.11 Å². The fraction of sp³-hybridized carbons (Fsp3) is 0.161. The molecule has 1 heterocycles. The summed E-state index contributed by atoms with van der Waals surface area (Å²) in [5, 5.41) is 25.7. The Morgan fingerprint density at radius 2 is 1.95 bits per heavy atom. The Hall–Kier alpha value is -5.21. The zero-order valence-corrected chi connectivity index (χ0v) is 21.0. The van der Waals surface area contributed by atoms with Crippen LogP contribution in [0.5, 0.6) is 5.75 Å². The molecule has 0 radical (unpaired) electrons. The number of carboxylic acids is 1. The largest absolute Gasteiger partial charge is 0.498 e. The Morgan fingerprint density at radius 1 is 1.21 bits per heavy atom. The Labute approximate surface area is 224 Å². The number of carbonyl (C=O) groups is 1. The Bertz CT molecular complexity index is 1730. The van der Waals surface area contributed by atoms with E-state index in [1.54, 1.807) is 37.4 Å². The Balaban J connectivity index is 1.86. The third kappa shape index (κ3) is 4.76. The van der Waals surface area contributed by atoms with Crippen LogP contribution in [0.25, 0.3) is 33.0 Å². The van der Waals surface area contributed by atoms with E-state index in [0.717, 1.165) is 47.6 Å². The summed E-state index contributed by atoms with van der Waals surface area (Å²) in [5.41, 5.74) is 5.26. The first kappa shape index (κ1) is 25.4. The van der Waals surface area contributed by atoms with Crippen LogP contribution in [0.4, 0.5) is 10.1 Å². The Kier molecular flexibility index (Phi) is 6.94. The summed E-state index contributed by atoms with van der Waals surface area (Å²) in [6.45, 7) is 7.90. The number of hydrogen-bond donors (Lipinski definition) is 2. The summed E-state index contributed by atoms with van der Waals surface area (Å²) in [4.78, 5) is 14.8. The van der Waals surface area contributed by atoms with Crippen LogP contribution < -0.4 is 4.74 Å². The van der Waals surface area contributed by atoms with Crippen molar-refractivity contribution in [3.05, 3.63) is 106 Å². The number of nitriles is 1. The van der Waals surface area contributed by atoms with E-state index in [-0.39, 0.29) is 16.9 Å². The molecule has 192 valence electrons. The Morgan fingerprint density at radius 3 is 2.56 bits per heavy atom. The molecule has 8 heteroatoms. The van der Waals surface area contributed by atoms with Crippen molar-refractivity contribution in [2.24, 2.45) is 5.92 Å². The van der Waals surface area contributed by atoms with Gasteiger partial charge in [-0.25, -0.2) is 9.64 Å². The monoisotopic (exact) mass is 518 g/mol. The van der Waals surface area contributed by atoms with Gasteiger partial charge in [-0.05, 0) is 70.9 Å². The molecule has 0 bridgehead atoms. The third-order valence-electron chi connectivity index (χ3n) is 7.07. The molecule has 0 aliphatic heterocycles. The van der Waals surface area contributed by atoms with Gasteiger partial charge in [-0.1, -0.05) is 42.8 Å². The predicted molar refractivity (Wildman–Crippen MR) is 146 cm³/mol. The summed E-state index contributed by atoms with van der Waals surface area (Å²) in [5.74, 6) is -1.05. The number of hydrogen-bond acceptors (Lipinski definition) is 4. The van der Waals surface area contributed by atoms with Crippen LogP contribution in [0.3, 0.4) is 0 Å². The normalized spacial score (nSPS) is 13.9. The minimum atomic E-state index is -1.05. The number of nitrogens with zero attached hydrogens (tertiary/aromatic N) is 3. The first-order valence-corrected chi connectivity index (χ1v) is 12.3. The van der Waals surface area contributed by atoms with E-state index in [1.807, 2.05) is 24.3 Å². The number of ether oxygens (including phenoxy) is 1. The molecule has 0 atom stereocenters. The molecule has 4 aromatic rings. The number of aromatic nitrogens is 2. The highest BCUT2D eigenvalue weighted by molar-refractivity contribution is 6.05. The number of fused-ring (bicyclic) bond motifs is 1. The van der Waals surface area contributed by atoms with Gasteiger partial charge in [0.2, 0.25) is 5.95 Å². The maximum Gasteiger partial charge on any atom is 0.328 e. The summed E-state index contributed by atoms with van der Waals surface area (Å²) >= 11 is 0. The van der Waals surface area contributed by atoms with Crippen LogP contribution in [0.2, 0.25) is 0 Å². The van der Waals surface area contributed by atoms with Crippen LogP contribution in [0, 0.1) is 29.8 Å². The fourth-order valence-electron chi connectivity index (χ4n) is 5.00. The third-order valence-corrected chi connectivity index (χ3v) is 7.07. The van der Waals surface area contributed by atoms with Gasteiger partial charge in [-0.15, -0.1) is 0 Å². The van der Waals surface area contributed by atoms with Gasteiger partial charge in [0.1, 0.15) is 11.8 Å². The van der Waals surface area contributed by atoms with Crippen molar-refractivity contribution in [1.82, 2.24) is 10.2 Å². The van der Waals surface area contributed by atoms with E-state index >= 15 is 0 Å². The summed E-state index contributed by atoms with van der Waals surface area (Å²) < 4.78 is 20.2. The SMILES string of the molecule is [C-]#[N+]c1cc(OC)ccc1/C(=C(\c1ccc(/C=C/C(=O)O)cc1)c1ccc2n[nH]c(F)c2c1C#N)C1CCC1. The first-order valence-electron chi connectivity index (χ1n) is 12.3. The second kappa shape index (κ2) is 10.6. The maximum atomic E-state index is 14.8. The number of rotatable bonds is 7. The number of H-pyrrole nitrogens is 1. The lowest BCUT2D eigenvalue weighted by atomic mass is 9.72. The van der Waals surface area contributed by atoms with Gasteiger partial charge in [-0.3, -0.25) is 5.10 Å². The summed E-state index contributed by atoms with van der Waals surface area (Å²) in [6.07, 6.45) is 5.41. The fourth-order valence-corrected chi connectivity index (χ4v) is 5.00. The first-order chi connectivity index (χ1) is 18.9. The highest BCUT2D eigenvalue weighted by Gasteiger charge is 2.30. The van der Waals surface area contributed by atoms with Crippen LogP contribution >= 0.6 is 0 Å². The molecule has 5 rings (SSSR count). The average molecular weight is 519 g/mol. The molecule has 1 fully saturated rings. The molecular weight excluding hydrogens is 495 g/mol. The standard InChI is InChI=1S/C31H23FN4O3/c1-34-26-16-21(39-2)11-12-23(26)29(19-4-3-5-19)28(20-9-6-18(7-10-20)8-15-27(37)38)22-13-14-25-30(24(22)17-33)31(32)36-35-25/h6-16,19H,3-5H2,2H3,(H,35,36)(H,37,38)/b15-8+,29-28+. The summed E-state index contributed by atoms with van der Waals surface area (Å²) in [7, 11) is 1.55. The number of halogens is 1. The van der Waals surface area contributed by atoms with E-state index < -0.39 is 11.9 Å². The van der Waals surface area contributed by atoms with Gasteiger partial charge in [0.05, 0.1) is 30.1 Å². The molecule has 2 N–H and O–H groups in total. The molecule has 1 aromatic heterocycles. The lowest BCUT2D eigenvalue weighted by Crippen LogP contribution is -2.15. The average Bonchev–Trinajstić information content (AvgIpc) is 3.31. The molecule has 1 aliphatic carbocycles. The molecule has 39 heavy (non-hydrogen) atoms. The topological polar surface area (TPSA) is 103 Å². The van der Waals surface area contributed by atoms with Crippen molar-refractivity contribution in [2.45, 2.75) is 19.3 Å². The summed E-state index contributed by atoms with van der Waals surface area (Å²) in [6, 6.07) is 18.3. The van der Waals surface area contributed by atoms with Gasteiger partial charge in [0.25, 0.3) is 0 Å². The van der Waals surface area contributed by atoms with E-state index in [1.165, 1.54) is 6.08 Å². The molecule has 0 saturated heterocycles. The smallest absolute Gasteiger partial charge is 0.328 e. The van der Waals surface area contributed by atoms with Crippen molar-refractivity contribution in [3.63, 3.8) is 0 Å². The molecule has 1 aliphatic rings. The van der Waals surface area contributed by atoms with Gasteiger partial charge in [0, 0.05) is 11.6 Å². The quantitative estimate of drug-likeness (QED) is 0.156. The molecule has 0 amide bonds. The number of aromatic amines is 1. The molecular formula is C31H23FN4O3. The van der Waals surface area contributed by atoms with Gasteiger partial charge in [0.15, 0.2) is 5.69 Å². The highest BCUT2D eigenvalue weighted by atomic mass is 19.1. The van der Waals surface area contributed by atoms with Crippen molar-refractivity contribution < 1.29 is 19.0 Å². The zero-order valence-electron chi connectivity index (χ0n) is 21.0. The molecule has 0 spiro atoms. The molecule has 7 nitrogen and oxygen atoms in total. The molecule has 0 unspecified atom stereocenters. The number of carboxylic acid groups (broad SMARTS) is 1. The second-order valence-corrected chi connectivity index (χ2v) is 9.24. The van der Waals surface area contributed by atoms with Crippen molar-refractivity contribution in [3.8, 4) is 11.8 Å². The highest BCUT2D eigenvalue weighted by Crippen LogP contribution is 2.49. The second-order valence-electron chi connectivity index (χ2n) is 9.24. The number of allylic oxidation sites excluding steroid dienone is 1. The minimum Gasteiger partial charge on any atom is -0.498 e. The van der Waals surface area contributed by atoms with Crippen LogP contribution in [-0.4, -0.2) is 28.4 Å². The van der Waals surface area contributed by atoms with Gasteiger partial charge >= 0.3 is 5.97 Å². The number of methoxy groups -OCH3 is 1. The van der Waals surface area contributed by atoms with Gasteiger partial charge < -0.3 is 9.84 Å². The molecule has 3 aromatic carbocycles. The molecule has 1 saturated carbocycles. The lowest BCUT2D eigenvalue weighted by molar-refractivity contribution is -0.131. The van der Waals surface area contributed by atoms with E-state index in [0.29, 0.717) is 28.1 Å². The number of nitrogens with one attached hydrogen (secondary N) is 1. The van der Waals surface area contributed by atoms with Gasteiger partial charge in [-0.2, -0.15) is 14.8 Å². The zero-order chi connectivity index (χ0) is 27.5. The van der Waals surface area contributed by atoms with E-state index in [9.17, 15) is 14.4 Å². The van der Waals surface area contributed by atoms with E-state index in [4.69, 9.17) is 16.4 Å². The minimum absolute atomic E-state index is 0.113. The van der Waals surface area contributed by atoms with Crippen LogP contribution in [0.15, 0.2) is 60.7 Å².